The van der Waals surface area contributed by atoms with Gasteiger partial charge in [-0.15, -0.1) is 0 Å². The van der Waals surface area contributed by atoms with Crippen LogP contribution < -0.4 is 31.0 Å². The summed E-state index contributed by atoms with van der Waals surface area (Å²) in [6, 6.07) is 69.4. The van der Waals surface area contributed by atoms with Crippen LogP contribution in [0.4, 0.5) is 11.4 Å². The van der Waals surface area contributed by atoms with Crippen molar-refractivity contribution in [3.8, 4) is 16.9 Å². The minimum absolute atomic E-state index is 0.713. The number of fused-ring (bicyclic) bond motifs is 7. The molecule has 2 aliphatic rings. The fourth-order valence-corrected chi connectivity index (χ4v) is 14.3. The summed E-state index contributed by atoms with van der Waals surface area (Å²) in [6.45, 7) is 0.713. The predicted molar refractivity (Wildman–Crippen MR) is 240 cm³/mol. The van der Waals surface area contributed by atoms with Crippen LogP contribution in [0.3, 0.4) is 0 Å². The number of hydrogen-bond donors (Lipinski definition) is 1. The summed E-state index contributed by atoms with van der Waals surface area (Å²) in [4.78, 5) is 7.33. The van der Waals surface area contributed by atoms with Gasteiger partial charge in [-0.1, -0.05) is 164 Å². The van der Waals surface area contributed by atoms with E-state index in [1.807, 2.05) is 6.20 Å². The van der Waals surface area contributed by atoms with Gasteiger partial charge >= 0.3 is 0 Å². The van der Waals surface area contributed by atoms with E-state index < -0.39 is 8.07 Å². The predicted octanol–water partition coefficient (Wildman–Crippen LogP) is 9.20. The van der Waals surface area contributed by atoms with Crippen molar-refractivity contribution in [3.63, 3.8) is 0 Å². The first-order valence-corrected chi connectivity index (χ1v) is 21.6. The molecule has 5 heteroatoms. The molecule has 0 unspecified atom stereocenters. The Morgan fingerprint density at radius 2 is 1.16 bits per heavy atom. The van der Waals surface area contributed by atoms with E-state index in [0.29, 0.717) is 6.54 Å². The Kier molecular flexibility index (Phi) is 7.86. The Morgan fingerprint density at radius 1 is 0.544 bits per heavy atom. The number of anilines is 2. The van der Waals surface area contributed by atoms with E-state index in [2.05, 4.69) is 221 Å². The van der Waals surface area contributed by atoms with Crippen LogP contribution in [0, 0.1) is 0 Å². The molecule has 57 heavy (non-hydrogen) atoms. The average Bonchev–Trinajstić information content (AvgIpc) is 3.56. The van der Waals surface area contributed by atoms with Crippen molar-refractivity contribution in [3.05, 3.63) is 224 Å². The second kappa shape index (κ2) is 13.5. The summed E-state index contributed by atoms with van der Waals surface area (Å²) in [5.74, 6) is 0. The van der Waals surface area contributed by atoms with Crippen molar-refractivity contribution in [2.45, 2.75) is 0 Å². The van der Waals surface area contributed by atoms with Crippen LogP contribution in [0.25, 0.3) is 44.2 Å². The van der Waals surface area contributed by atoms with Gasteiger partial charge in [0.15, 0.2) is 8.07 Å². The zero-order valence-corrected chi connectivity index (χ0v) is 32.3. The van der Waals surface area contributed by atoms with Crippen molar-refractivity contribution >= 4 is 67.4 Å². The molecule has 0 fully saturated rings. The summed E-state index contributed by atoms with van der Waals surface area (Å²) in [6.07, 6.45) is 8.34. The third-order valence-electron chi connectivity index (χ3n) is 11.8. The summed E-state index contributed by atoms with van der Waals surface area (Å²) >= 11 is 0. The molecule has 9 aromatic rings. The van der Waals surface area contributed by atoms with Gasteiger partial charge in [0.25, 0.3) is 0 Å². The zero-order valence-electron chi connectivity index (χ0n) is 31.3. The molecule has 0 aliphatic carbocycles. The van der Waals surface area contributed by atoms with Gasteiger partial charge in [0.1, 0.15) is 0 Å². The summed E-state index contributed by atoms with van der Waals surface area (Å²) in [5.41, 5.74) is 10.5. The largest absolute Gasteiger partial charge is 0.387 e. The lowest BCUT2D eigenvalue weighted by Gasteiger charge is -2.36. The number of nitrogens with one attached hydrogen (secondary N) is 1. The van der Waals surface area contributed by atoms with Crippen LogP contribution in [-0.2, 0) is 0 Å². The normalized spacial score (nSPS) is 13.5. The van der Waals surface area contributed by atoms with Crippen LogP contribution in [0.2, 0.25) is 0 Å². The molecule has 0 radical (unpaired) electrons. The monoisotopic (exact) mass is 746 g/mol. The highest BCUT2D eigenvalue weighted by molar-refractivity contribution is 7.19. The van der Waals surface area contributed by atoms with E-state index >= 15 is 0 Å². The second-order valence-electron chi connectivity index (χ2n) is 14.8. The van der Waals surface area contributed by atoms with Gasteiger partial charge in [-0.05, 0) is 68.2 Å². The quantitative estimate of drug-likeness (QED) is 0.136. The van der Waals surface area contributed by atoms with Crippen molar-refractivity contribution < 1.29 is 0 Å². The van der Waals surface area contributed by atoms with Crippen molar-refractivity contribution in [2.24, 2.45) is 0 Å². The maximum Gasteiger partial charge on any atom is 0.179 e. The first kappa shape index (κ1) is 33.2. The van der Waals surface area contributed by atoms with E-state index in [1.165, 1.54) is 48.2 Å². The fourth-order valence-electron chi connectivity index (χ4n) is 9.46. The highest BCUT2D eigenvalue weighted by Crippen LogP contribution is 2.52. The van der Waals surface area contributed by atoms with Crippen molar-refractivity contribution in [1.29, 1.82) is 0 Å². The van der Waals surface area contributed by atoms with Crippen LogP contribution >= 0.6 is 0 Å². The molecular weight excluding hydrogens is 709 g/mol. The number of allylic oxidation sites excluding steroid dienone is 1. The molecule has 11 rings (SSSR count). The molecule has 7 aromatic carbocycles. The minimum atomic E-state index is -2.83. The van der Waals surface area contributed by atoms with Gasteiger partial charge in [0, 0.05) is 46.5 Å². The fraction of sp³-hybridized carbons (Fsp3) is 0.0192. The lowest BCUT2D eigenvalue weighted by molar-refractivity contribution is 0.965. The first-order chi connectivity index (χ1) is 28.3. The molecule has 0 saturated carbocycles. The molecule has 0 atom stereocenters. The number of rotatable bonds is 6. The summed E-state index contributed by atoms with van der Waals surface area (Å²) in [7, 11) is -2.83. The maximum atomic E-state index is 4.81. The second-order valence-corrected chi connectivity index (χ2v) is 18.6. The van der Waals surface area contributed by atoms with Gasteiger partial charge in [0.2, 0.25) is 0 Å². The minimum Gasteiger partial charge on any atom is -0.387 e. The number of dihydropyridines is 1. The molecule has 4 heterocycles. The lowest BCUT2D eigenvalue weighted by atomic mass is 9.95. The van der Waals surface area contributed by atoms with Crippen LogP contribution in [0.1, 0.15) is 5.56 Å². The van der Waals surface area contributed by atoms with Gasteiger partial charge in [0.05, 0.1) is 28.3 Å². The lowest BCUT2D eigenvalue weighted by Crippen LogP contribution is -2.74. The van der Waals surface area contributed by atoms with E-state index in [4.69, 9.17) is 4.98 Å². The maximum absolute atomic E-state index is 4.81. The Hall–Kier alpha value is -7.21. The molecule has 0 saturated heterocycles. The molecule has 2 aliphatic heterocycles. The zero-order chi connectivity index (χ0) is 37.8. The molecule has 0 bridgehead atoms. The number of nitrogens with zero attached hydrogens (tertiary/aromatic N) is 3. The standard InChI is InChI=1S/C52H38N4Si/c1-4-19-39(20-5-1)57(40-21-6-2-7-22-40,41-23-8-3-9-24-41)42-25-15-18-38(34-42)55-49-30-32-53-35-46(49)44-27-12-13-28-45(44)51-52(55)47-36-54-33-31-50(47)56(51)48-29-14-17-37-16-10-11-26-43(37)48/h1-34,36,53H,35H2. The van der Waals surface area contributed by atoms with Crippen molar-refractivity contribution in [2.75, 3.05) is 11.4 Å². The number of benzene rings is 7. The molecule has 4 nitrogen and oxygen atoms in total. The molecule has 270 valence electrons. The summed E-state index contributed by atoms with van der Waals surface area (Å²) in [5, 5.41) is 12.5. The Balaban J connectivity index is 1.26. The summed E-state index contributed by atoms with van der Waals surface area (Å²) < 4.78 is 2.48. The van der Waals surface area contributed by atoms with Crippen LogP contribution in [0.15, 0.2) is 218 Å². The smallest absolute Gasteiger partial charge is 0.179 e. The molecule has 2 aromatic heterocycles. The highest BCUT2D eigenvalue weighted by Gasteiger charge is 2.42. The number of pyridine rings is 1. The molecule has 0 spiro atoms. The molecule has 0 amide bonds. The van der Waals surface area contributed by atoms with Crippen LogP contribution in [-0.4, -0.2) is 24.2 Å². The van der Waals surface area contributed by atoms with Gasteiger partial charge < -0.3 is 14.8 Å². The van der Waals surface area contributed by atoms with Gasteiger partial charge in [-0.3, -0.25) is 4.98 Å². The Labute approximate surface area is 333 Å². The third-order valence-corrected chi connectivity index (χ3v) is 16.6. The number of hydrogen-bond acceptors (Lipinski definition) is 3. The Bertz CT molecular complexity index is 2920. The van der Waals surface area contributed by atoms with E-state index in [-0.39, 0.29) is 0 Å². The van der Waals surface area contributed by atoms with E-state index in [9.17, 15) is 0 Å². The molecule has 1 N–H and O–H groups in total. The highest BCUT2D eigenvalue weighted by atomic mass is 28.3. The first-order valence-electron chi connectivity index (χ1n) is 19.6. The Morgan fingerprint density at radius 3 is 1.89 bits per heavy atom. The van der Waals surface area contributed by atoms with E-state index in [1.54, 1.807) is 0 Å². The average molecular weight is 747 g/mol. The van der Waals surface area contributed by atoms with Gasteiger partial charge in [-0.25, -0.2) is 0 Å². The van der Waals surface area contributed by atoms with E-state index in [0.717, 1.165) is 39.4 Å². The molecular formula is C52H38N4Si. The number of aromatic nitrogens is 2. The van der Waals surface area contributed by atoms with Gasteiger partial charge in [-0.2, -0.15) is 0 Å². The third kappa shape index (κ3) is 5.09. The topological polar surface area (TPSA) is 33.1 Å². The van der Waals surface area contributed by atoms with Crippen LogP contribution in [0.5, 0.6) is 0 Å². The van der Waals surface area contributed by atoms with Crippen molar-refractivity contribution in [1.82, 2.24) is 14.9 Å². The SMILES string of the molecule is C1=CC2=C(CN1)c1ccccc1-c1c(c3cnccc3n1-c1cccc3ccccc13)N2c1cccc([Si](c2ccccc2)(c2ccccc2)c2ccccc2)c1.